The first-order valence-electron chi connectivity index (χ1n) is 5.52. The molecule has 1 heterocycles. The van der Waals surface area contributed by atoms with E-state index in [1.54, 1.807) is 19.3 Å². The van der Waals surface area contributed by atoms with E-state index in [2.05, 4.69) is 10.4 Å². The van der Waals surface area contributed by atoms with Crippen LogP contribution in [0.15, 0.2) is 12.3 Å². The van der Waals surface area contributed by atoms with Gasteiger partial charge in [-0.15, -0.1) is 0 Å². The number of carbonyl (C=O) groups excluding carboxylic acids is 1. The number of aromatic nitrogens is 2. The molecule has 0 fully saturated rings. The topological polar surface area (TPSA) is 84.2 Å². The maximum absolute atomic E-state index is 11.7. The van der Waals surface area contributed by atoms with Crippen molar-refractivity contribution in [2.75, 3.05) is 6.54 Å². The Morgan fingerprint density at radius 1 is 1.59 bits per heavy atom. The number of aliphatic carboxylic acids is 1. The zero-order chi connectivity index (χ0) is 12.8. The van der Waals surface area contributed by atoms with Gasteiger partial charge in [-0.1, -0.05) is 13.3 Å². The standard InChI is InChI=1S/C11H17N3O3/c1-3-8(6-10(15)16)7-12-11(17)9-4-5-13-14(9)2/h4-5,8H,3,6-7H2,1-2H3,(H,12,17)(H,15,16). The van der Waals surface area contributed by atoms with E-state index in [0.29, 0.717) is 12.2 Å². The number of hydrogen-bond donors (Lipinski definition) is 2. The molecule has 1 aromatic rings. The molecule has 0 aliphatic heterocycles. The van der Waals surface area contributed by atoms with Crippen molar-refractivity contribution < 1.29 is 14.7 Å². The first-order chi connectivity index (χ1) is 8.04. The third-order valence-electron chi connectivity index (χ3n) is 2.65. The Hall–Kier alpha value is -1.85. The van der Waals surface area contributed by atoms with E-state index >= 15 is 0 Å². The van der Waals surface area contributed by atoms with Crippen LogP contribution in [-0.4, -0.2) is 33.3 Å². The molecule has 0 aliphatic rings. The van der Waals surface area contributed by atoms with Crippen LogP contribution in [0.5, 0.6) is 0 Å². The lowest BCUT2D eigenvalue weighted by Crippen LogP contribution is -2.31. The normalized spacial score (nSPS) is 12.1. The molecular formula is C11H17N3O3. The second-order valence-electron chi connectivity index (χ2n) is 3.92. The summed E-state index contributed by atoms with van der Waals surface area (Å²) in [7, 11) is 1.68. The summed E-state index contributed by atoms with van der Waals surface area (Å²) in [6.45, 7) is 2.27. The highest BCUT2D eigenvalue weighted by Gasteiger charge is 2.14. The lowest BCUT2D eigenvalue weighted by Gasteiger charge is -2.13. The van der Waals surface area contributed by atoms with Crippen LogP contribution in [0.25, 0.3) is 0 Å². The SMILES string of the molecule is CCC(CNC(=O)c1ccnn1C)CC(=O)O. The second-order valence-corrected chi connectivity index (χ2v) is 3.92. The van der Waals surface area contributed by atoms with Crippen LogP contribution in [0.3, 0.4) is 0 Å². The average Bonchev–Trinajstić information content (AvgIpc) is 2.69. The van der Waals surface area contributed by atoms with E-state index in [1.165, 1.54) is 4.68 Å². The van der Waals surface area contributed by atoms with Gasteiger partial charge in [-0.25, -0.2) is 0 Å². The van der Waals surface area contributed by atoms with Crippen molar-refractivity contribution in [1.29, 1.82) is 0 Å². The number of rotatable bonds is 6. The molecule has 0 radical (unpaired) electrons. The van der Waals surface area contributed by atoms with Gasteiger partial charge in [0.25, 0.3) is 5.91 Å². The minimum atomic E-state index is -0.841. The van der Waals surface area contributed by atoms with Crippen LogP contribution in [0, 0.1) is 5.92 Å². The molecule has 0 bridgehead atoms. The number of carboxylic acids is 1. The average molecular weight is 239 g/mol. The number of nitrogens with zero attached hydrogens (tertiary/aromatic N) is 2. The number of nitrogens with one attached hydrogen (secondary N) is 1. The predicted octanol–water partition coefficient (Wildman–Crippen LogP) is 0.651. The fraction of sp³-hybridized carbons (Fsp3) is 0.545. The van der Waals surface area contributed by atoms with Gasteiger partial charge in [0, 0.05) is 26.2 Å². The zero-order valence-electron chi connectivity index (χ0n) is 10.0. The molecule has 0 aromatic carbocycles. The highest BCUT2D eigenvalue weighted by molar-refractivity contribution is 5.92. The van der Waals surface area contributed by atoms with E-state index in [9.17, 15) is 9.59 Å². The van der Waals surface area contributed by atoms with Gasteiger partial charge in [0.05, 0.1) is 0 Å². The summed E-state index contributed by atoms with van der Waals surface area (Å²) < 4.78 is 1.48. The highest BCUT2D eigenvalue weighted by atomic mass is 16.4. The summed E-state index contributed by atoms with van der Waals surface area (Å²) in [5.74, 6) is -1.11. The van der Waals surface area contributed by atoms with Gasteiger partial charge in [0.1, 0.15) is 5.69 Å². The van der Waals surface area contributed by atoms with E-state index in [-0.39, 0.29) is 18.2 Å². The molecule has 1 rings (SSSR count). The molecule has 1 atom stereocenters. The lowest BCUT2D eigenvalue weighted by molar-refractivity contribution is -0.138. The highest BCUT2D eigenvalue weighted by Crippen LogP contribution is 2.07. The summed E-state index contributed by atoms with van der Waals surface area (Å²) in [5, 5.41) is 15.3. The Balaban J connectivity index is 2.47. The molecule has 0 spiro atoms. The van der Waals surface area contributed by atoms with E-state index in [1.807, 2.05) is 6.92 Å². The summed E-state index contributed by atoms with van der Waals surface area (Å²) in [5.41, 5.74) is 0.468. The van der Waals surface area contributed by atoms with Crippen molar-refractivity contribution >= 4 is 11.9 Å². The van der Waals surface area contributed by atoms with E-state index < -0.39 is 5.97 Å². The molecule has 1 amide bonds. The second kappa shape index (κ2) is 6.03. The molecule has 17 heavy (non-hydrogen) atoms. The summed E-state index contributed by atoms with van der Waals surface area (Å²) in [6.07, 6.45) is 2.34. The number of aryl methyl sites for hydroxylation is 1. The third-order valence-corrected chi connectivity index (χ3v) is 2.65. The van der Waals surface area contributed by atoms with Gasteiger partial charge in [0.2, 0.25) is 0 Å². The smallest absolute Gasteiger partial charge is 0.303 e. The van der Waals surface area contributed by atoms with Crippen molar-refractivity contribution in [3.05, 3.63) is 18.0 Å². The first-order valence-corrected chi connectivity index (χ1v) is 5.52. The monoisotopic (exact) mass is 239 g/mol. The Morgan fingerprint density at radius 3 is 2.76 bits per heavy atom. The number of carboxylic acid groups (broad SMARTS) is 1. The van der Waals surface area contributed by atoms with Crippen molar-refractivity contribution in [2.24, 2.45) is 13.0 Å². The van der Waals surface area contributed by atoms with Crippen molar-refractivity contribution in [1.82, 2.24) is 15.1 Å². The Bertz CT molecular complexity index is 400. The zero-order valence-corrected chi connectivity index (χ0v) is 10.0. The van der Waals surface area contributed by atoms with Crippen molar-refractivity contribution in [2.45, 2.75) is 19.8 Å². The van der Waals surface area contributed by atoms with Crippen LogP contribution in [-0.2, 0) is 11.8 Å². The van der Waals surface area contributed by atoms with Gasteiger partial charge in [-0.05, 0) is 12.0 Å². The molecule has 2 N–H and O–H groups in total. The van der Waals surface area contributed by atoms with Crippen LogP contribution >= 0.6 is 0 Å². The Kier molecular flexibility index (Phi) is 4.68. The molecule has 1 aromatic heterocycles. The molecule has 6 nitrogen and oxygen atoms in total. The predicted molar refractivity (Wildman–Crippen MR) is 61.6 cm³/mol. The van der Waals surface area contributed by atoms with Crippen LogP contribution in [0.4, 0.5) is 0 Å². The summed E-state index contributed by atoms with van der Waals surface area (Å²) in [4.78, 5) is 22.3. The maximum Gasteiger partial charge on any atom is 0.303 e. The molecule has 6 heteroatoms. The molecule has 1 unspecified atom stereocenters. The van der Waals surface area contributed by atoms with Crippen molar-refractivity contribution in [3.63, 3.8) is 0 Å². The van der Waals surface area contributed by atoms with E-state index in [0.717, 1.165) is 6.42 Å². The maximum atomic E-state index is 11.7. The third kappa shape index (κ3) is 3.90. The van der Waals surface area contributed by atoms with Crippen LogP contribution < -0.4 is 5.32 Å². The van der Waals surface area contributed by atoms with Crippen LogP contribution in [0.1, 0.15) is 30.3 Å². The Labute approximate surface area is 99.6 Å². The quantitative estimate of drug-likeness (QED) is 0.763. The van der Waals surface area contributed by atoms with Gasteiger partial charge in [-0.3, -0.25) is 14.3 Å². The lowest BCUT2D eigenvalue weighted by atomic mass is 10.0. The molecular weight excluding hydrogens is 222 g/mol. The molecule has 0 saturated heterocycles. The number of amides is 1. The fourth-order valence-corrected chi connectivity index (χ4v) is 1.53. The fourth-order valence-electron chi connectivity index (χ4n) is 1.53. The minimum Gasteiger partial charge on any atom is -0.481 e. The first kappa shape index (κ1) is 13.2. The number of carbonyl (C=O) groups is 2. The largest absolute Gasteiger partial charge is 0.481 e. The Morgan fingerprint density at radius 2 is 2.29 bits per heavy atom. The van der Waals surface area contributed by atoms with Gasteiger partial charge >= 0.3 is 5.97 Å². The minimum absolute atomic E-state index is 0.0373. The summed E-state index contributed by atoms with van der Waals surface area (Å²) in [6, 6.07) is 1.62. The molecule has 0 aliphatic carbocycles. The summed E-state index contributed by atoms with van der Waals surface area (Å²) >= 11 is 0. The van der Waals surface area contributed by atoms with E-state index in [4.69, 9.17) is 5.11 Å². The van der Waals surface area contributed by atoms with Gasteiger partial charge < -0.3 is 10.4 Å². The molecule has 0 saturated carbocycles. The van der Waals surface area contributed by atoms with Gasteiger partial charge in [0.15, 0.2) is 0 Å². The van der Waals surface area contributed by atoms with Gasteiger partial charge in [-0.2, -0.15) is 5.10 Å². The number of hydrogen-bond acceptors (Lipinski definition) is 3. The molecule has 94 valence electrons. The van der Waals surface area contributed by atoms with Crippen molar-refractivity contribution in [3.8, 4) is 0 Å². The van der Waals surface area contributed by atoms with Crippen LogP contribution in [0.2, 0.25) is 0 Å².